The lowest BCUT2D eigenvalue weighted by Gasteiger charge is -2.07. The fraction of sp³-hybridized carbons (Fsp3) is 0.176. The van der Waals surface area contributed by atoms with Gasteiger partial charge >= 0.3 is 5.69 Å². The maximum atomic E-state index is 11.8. The normalized spacial score (nSPS) is 10.5. The van der Waals surface area contributed by atoms with Gasteiger partial charge in [0.05, 0.1) is 40.8 Å². The third kappa shape index (κ3) is 5.89. The van der Waals surface area contributed by atoms with E-state index < -0.39 is 32.9 Å². The van der Waals surface area contributed by atoms with Crippen LogP contribution in [0.5, 0.6) is 11.5 Å². The van der Waals surface area contributed by atoms with E-state index in [2.05, 4.69) is 15.8 Å². The second-order valence-electron chi connectivity index (χ2n) is 5.52. The van der Waals surface area contributed by atoms with Gasteiger partial charge < -0.3 is 15.2 Å². The van der Waals surface area contributed by atoms with Gasteiger partial charge in [0.2, 0.25) is 5.75 Å². The standard InChI is InChI=1S/C17H17N5O7/c1-2-29-14-5-3-12(4-6-14)18-10-16(23)20-19-9-11-7-13(21(25)26)8-15(17(11)24)22(27)28/h3-9,18,24H,2,10H2,1H3,(H,20,23). The molecule has 0 radical (unpaired) electrons. The van der Waals surface area contributed by atoms with E-state index in [9.17, 15) is 30.1 Å². The second kappa shape index (κ2) is 9.64. The summed E-state index contributed by atoms with van der Waals surface area (Å²) in [6.45, 7) is 2.27. The van der Waals surface area contributed by atoms with Crippen LogP contribution in [0.1, 0.15) is 12.5 Å². The largest absolute Gasteiger partial charge is 0.502 e. The van der Waals surface area contributed by atoms with Crippen molar-refractivity contribution in [1.82, 2.24) is 5.43 Å². The molecule has 0 spiro atoms. The Bertz CT molecular complexity index is 944. The highest BCUT2D eigenvalue weighted by atomic mass is 16.6. The highest BCUT2D eigenvalue weighted by molar-refractivity contribution is 5.88. The summed E-state index contributed by atoms with van der Waals surface area (Å²) >= 11 is 0. The van der Waals surface area contributed by atoms with E-state index in [4.69, 9.17) is 4.74 Å². The number of benzene rings is 2. The third-order valence-corrected chi connectivity index (χ3v) is 3.52. The fourth-order valence-electron chi connectivity index (χ4n) is 2.20. The number of nitrogens with one attached hydrogen (secondary N) is 2. The lowest BCUT2D eigenvalue weighted by atomic mass is 10.1. The number of ether oxygens (including phenoxy) is 1. The Hall–Kier alpha value is -4.22. The average molecular weight is 403 g/mol. The van der Waals surface area contributed by atoms with E-state index in [0.29, 0.717) is 24.1 Å². The molecule has 0 aliphatic rings. The van der Waals surface area contributed by atoms with Gasteiger partial charge in [-0.05, 0) is 31.2 Å². The van der Waals surface area contributed by atoms with Crippen LogP contribution < -0.4 is 15.5 Å². The molecule has 0 atom stereocenters. The molecule has 0 unspecified atom stereocenters. The van der Waals surface area contributed by atoms with Gasteiger partial charge in [0, 0.05) is 11.8 Å². The highest BCUT2D eigenvalue weighted by Crippen LogP contribution is 2.33. The maximum Gasteiger partial charge on any atom is 0.318 e. The molecule has 12 heteroatoms. The van der Waals surface area contributed by atoms with E-state index in [-0.39, 0.29) is 12.1 Å². The summed E-state index contributed by atoms with van der Waals surface area (Å²) < 4.78 is 5.31. The molecule has 0 aliphatic heterocycles. The molecular formula is C17H17N5O7. The third-order valence-electron chi connectivity index (χ3n) is 3.52. The number of anilines is 1. The molecule has 0 bridgehead atoms. The first-order chi connectivity index (χ1) is 13.8. The molecule has 0 saturated heterocycles. The first-order valence-electron chi connectivity index (χ1n) is 8.26. The Labute approximate surface area is 164 Å². The minimum absolute atomic E-state index is 0.133. The number of nitrogens with zero attached hydrogens (tertiary/aromatic N) is 3. The summed E-state index contributed by atoms with van der Waals surface area (Å²) in [5, 5.41) is 38.0. The number of aromatic hydroxyl groups is 1. The van der Waals surface area contributed by atoms with Crippen LogP contribution in [0.2, 0.25) is 0 Å². The quantitative estimate of drug-likeness (QED) is 0.325. The highest BCUT2D eigenvalue weighted by Gasteiger charge is 2.23. The van der Waals surface area contributed by atoms with E-state index in [0.717, 1.165) is 12.3 Å². The van der Waals surface area contributed by atoms with Gasteiger partial charge in [0.25, 0.3) is 11.6 Å². The topological polar surface area (TPSA) is 169 Å². The van der Waals surface area contributed by atoms with Crippen LogP contribution in [-0.4, -0.2) is 40.2 Å². The zero-order valence-electron chi connectivity index (χ0n) is 15.2. The molecule has 0 aliphatic carbocycles. The summed E-state index contributed by atoms with van der Waals surface area (Å²) in [4.78, 5) is 31.8. The van der Waals surface area contributed by atoms with Crippen molar-refractivity contribution < 1.29 is 24.5 Å². The Morgan fingerprint density at radius 1 is 1.21 bits per heavy atom. The van der Waals surface area contributed by atoms with Crippen molar-refractivity contribution in [1.29, 1.82) is 0 Å². The zero-order valence-corrected chi connectivity index (χ0v) is 15.2. The van der Waals surface area contributed by atoms with Gasteiger partial charge in [-0.2, -0.15) is 5.10 Å². The number of hydrazone groups is 1. The number of rotatable bonds is 9. The molecule has 0 aromatic heterocycles. The molecule has 12 nitrogen and oxygen atoms in total. The Balaban J connectivity index is 1.99. The lowest BCUT2D eigenvalue weighted by molar-refractivity contribution is -0.394. The number of hydrogen-bond acceptors (Lipinski definition) is 9. The lowest BCUT2D eigenvalue weighted by Crippen LogP contribution is -2.25. The summed E-state index contributed by atoms with van der Waals surface area (Å²) in [5.41, 5.74) is 1.09. The smallest absolute Gasteiger partial charge is 0.318 e. The molecule has 2 rings (SSSR count). The first-order valence-corrected chi connectivity index (χ1v) is 8.26. The van der Waals surface area contributed by atoms with Crippen LogP contribution in [0.3, 0.4) is 0 Å². The van der Waals surface area contributed by atoms with Crippen LogP contribution in [0.15, 0.2) is 41.5 Å². The van der Waals surface area contributed by atoms with Crippen molar-refractivity contribution in [2.75, 3.05) is 18.5 Å². The molecule has 3 N–H and O–H groups in total. The molecule has 152 valence electrons. The van der Waals surface area contributed by atoms with E-state index in [1.807, 2.05) is 6.92 Å². The average Bonchev–Trinajstić information content (AvgIpc) is 2.68. The SMILES string of the molecule is CCOc1ccc(NCC(=O)NN=Cc2cc([N+](=O)[O-])cc([N+](=O)[O-])c2O)cc1. The number of nitro benzene ring substituents is 2. The van der Waals surface area contributed by atoms with Gasteiger partial charge in [-0.3, -0.25) is 25.0 Å². The van der Waals surface area contributed by atoms with Crippen molar-refractivity contribution in [2.24, 2.45) is 5.10 Å². The monoisotopic (exact) mass is 403 g/mol. The predicted molar refractivity (Wildman–Crippen MR) is 103 cm³/mol. The Morgan fingerprint density at radius 2 is 1.90 bits per heavy atom. The van der Waals surface area contributed by atoms with Crippen LogP contribution >= 0.6 is 0 Å². The fourth-order valence-corrected chi connectivity index (χ4v) is 2.20. The number of hydrogen-bond donors (Lipinski definition) is 3. The van der Waals surface area contributed by atoms with Gasteiger partial charge in [0.1, 0.15) is 5.75 Å². The number of carbonyl (C=O) groups is 1. The van der Waals surface area contributed by atoms with Crippen molar-refractivity contribution in [3.05, 3.63) is 62.2 Å². The summed E-state index contributed by atoms with van der Waals surface area (Å²) in [6, 6.07) is 8.45. The van der Waals surface area contributed by atoms with Gasteiger partial charge in [-0.15, -0.1) is 0 Å². The summed E-state index contributed by atoms with van der Waals surface area (Å²) in [7, 11) is 0. The molecule has 29 heavy (non-hydrogen) atoms. The van der Waals surface area contributed by atoms with E-state index in [1.54, 1.807) is 24.3 Å². The van der Waals surface area contributed by atoms with Gasteiger partial charge in [0.15, 0.2) is 0 Å². The molecule has 0 heterocycles. The predicted octanol–water partition coefficient (Wildman–Crippen LogP) is 2.17. The Morgan fingerprint density at radius 3 is 2.48 bits per heavy atom. The van der Waals surface area contributed by atoms with Crippen molar-refractivity contribution >= 4 is 29.2 Å². The molecule has 2 aromatic carbocycles. The van der Waals surface area contributed by atoms with E-state index in [1.165, 1.54) is 0 Å². The molecule has 0 fully saturated rings. The van der Waals surface area contributed by atoms with Gasteiger partial charge in [-0.25, -0.2) is 5.43 Å². The van der Waals surface area contributed by atoms with Crippen molar-refractivity contribution in [3.8, 4) is 11.5 Å². The number of phenols is 1. The molecule has 0 saturated carbocycles. The zero-order chi connectivity index (χ0) is 21.4. The van der Waals surface area contributed by atoms with E-state index >= 15 is 0 Å². The second-order valence-corrected chi connectivity index (χ2v) is 5.52. The van der Waals surface area contributed by atoms with Gasteiger partial charge in [-0.1, -0.05) is 0 Å². The minimum atomic E-state index is -0.959. The molecular weight excluding hydrogens is 386 g/mol. The first kappa shape index (κ1) is 21.1. The number of amides is 1. The summed E-state index contributed by atoms with van der Waals surface area (Å²) in [5.74, 6) is -0.654. The Kier molecular flexibility index (Phi) is 7.01. The number of carbonyl (C=O) groups excluding carboxylic acids is 1. The van der Waals surface area contributed by atoms with Crippen LogP contribution in [0.4, 0.5) is 17.1 Å². The van der Waals surface area contributed by atoms with Crippen LogP contribution in [0.25, 0.3) is 0 Å². The summed E-state index contributed by atoms with van der Waals surface area (Å²) in [6.07, 6.45) is 0.879. The number of phenolic OH excluding ortho intramolecular Hbond substituents is 1. The molecule has 2 aromatic rings. The van der Waals surface area contributed by atoms with Crippen molar-refractivity contribution in [2.45, 2.75) is 6.92 Å². The van der Waals surface area contributed by atoms with Crippen LogP contribution in [-0.2, 0) is 4.79 Å². The number of non-ortho nitro benzene ring substituents is 1. The molecule has 1 amide bonds. The maximum absolute atomic E-state index is 11.8. The van der Waals surface area contributed by atoms with Crippen LogP contribution in [0, 0.1) is 20.2 Å². The minimum Gasteiger partial charge on any atom is -0.502 e. The number of nitro groups is 2. The van der Waals surface area contributed by atoms with Crippen molar-refractivity contribution in [3.63, 3.8) is 0 Å².